The predicted molar refractivity (Wildman–Crippen MR) is 82.5 cm³/mol. The third kappa shape index (κ3) is 2.57. The zero-order valence-electron chi connectivity index (χ0n) is 11.2. The summed E-state index contributed by atoms with van der Waals surface area (Å²) in [6.45, 7) is 1.26. The number of hydrogen-bond acceptors (Lipinski definition) is 4. The second-order valence-electron chi connectivity index (χ2n) is 5.08. The molecule has 0 spiro atoms. The first-order valence-electron chi connectivity index (χ1n) is 6.58. The molecule has 21 heavy (non-hydrogen) atoms. The van der Waals surface area contributed by atoms with E-state index in [4.69, 9.17) is 17.3 Å². The lowest BCUT2D eigenvalue weighted by atomic mass is 10.1. The number of nitrogens with two attached hydrogens (primary N) is 1. The van der Waals surface area contributed by atoms with Crippen LogP contribution in [0.1, 0.15) is 17.2 Å². The Balaban J connectivity index is 1.92. The van der Waals surface area contributed by atoms with Crippen molar-refractivity contribution in [2.24, 2.45) is 5.73 Å². The van der Waals surface area contributed by atoms with Crippen molar-refractivity contribution in [1.29, 1.82) is 0 Å². The molecule has 1 heterocycles. The summed E-state index contributed by atoms with van der Waals surface area (Å²) in [5.41, 5.74) is 8.94. The van der Waals surface area contributed by atoms with Crippen LogP contribution < -0.4 is 10.6 Å². The van der Waals surface area contributed by atoms with E-state index in [0.29, 0.717) is 18.1 Å². The first-order chi connectivity index (χ1) is 10.1. The maximum atomic E-state index is 10.9. The molecule has 0 bridgehead atoms. The molecule has 0 amide bonds. The number of fused-ring (bicyclic) bond motifs is 1. The van der Waals surface area contributed by atoms with Gasteiger partial charge in [0, 0.05) is 47.5 Å². The van der Waals surface area contributed by atoms with E-state index < -0.39 is 4.92 Å². The summed E-state index contributed by atoms with van der Waals surface area (Å²) in [6.07, 6.45) is 0. The molecule has 1 aliphatic rings. The van der Waals surface area contributed by atoms with Crippen molar-refractivity contribution in [3.63, 3.8) is 0 Å². The Hall–Kier alpha value is -2.11. The number of halogens is 1. The molecule has 0 radical (unpaired) electrons. The van der Waals surface area contributed by atoms with E-state index >= 15 is 0 Å². The second-order valence-corrected chi connectivity index (χ2v) is 5.49. The van der Waals surface area contributed by atoms with E-state index in [1.54, 1.807) is 12.1 Å². The highest BCUT2D eigenvalue weighted by Crippen LogP contribution is 2.37. The molecule has 0 fully saturated rings. The molecule has 108 valence electrons. The Morgan fingerprint density at radius 1 is 1.33 bits per heavy atom. The van der Waals surface area contributed by atoms with Gasteiger partial charge in [-0.05, 0) is 17.7 Å². The molecule has 0 saturated carbocycles. The lowest BCUT2D eigenvalue weighted by Gasteiger charge is -2.20. The minimum Gasteiger partial charge on any atom is -0.365 e. The Kier molecular flexibility index (Phi) is 3.53. The third-order valence-corrected chi connectivity index (χ3v) is 4.07. The van der Waals surface area contributed by atoms with E-state index in [1.165, 1.54) is 6.07 Å². The molecule has 2 N–H and O–H groups in total. The molecule has 2 aromatic rings. The molecule has 0 aromatic heterocycles. The summed E-state index contributed by atoms with van der Waals surface area (Å²) < 4.78 is 0. The fraction of sp³-hybridized carbons (Fsp3) is 0.200. The predicted octanol–water partition coefficient (Wildman–Crippen LogP) is 3.27. The average molecular weight is 304 g/mol. The maximum Gasteiger partial charge on any atom is 0.269 e. The van der Waals surface area contributed by atoms with Crippen molar-refractivity contribution >= 4 is 23.0 Å². The van der Waals surface area contributed by atoms with Crippen LogP contribution >= 0.6 is 11.6 Å². The molecule has 1 atom stereocenters. The zero-order valence-corrected chi connectivity index (χ0v) is 12.0. The van der Waals surface area contributed by atoms with Gasteiger partial charge in [0.15, 0.2) is 0 Å². The number of non-ortho nitro benzene ring substituents is 1. The highest BCUT2D eigenvalue weighted by molar-refractivity contribution is 6.31. The molecule has 0 saturated heterocycles. The van der Waals surface area contributed by atoms with Gasteiger partial charge in [0.05, 0.1) is 4.92 Å². The quantitative estimate of drug-likeness (QED) is 0.697. The summed E-state index contributed by atoms with van der Waals surface area (Å²) in [5.74, 6) is 0. The molecule has 3 rings (SSSR count). The molecular weight excluding hydrogens is 290 g/mol. The van der Waals surface area contributed by atoms with Crippen molar-refractivity contribution in [3.8, 4) is 0 Å². The largest absolute Gasteiger partial charge is 0.365 e. The van der Waals surface area contributed by atoms with Gasteiger partial charge in [-0.15, -0.1) is 0 Å². The SMILES string of the molecule is N[C@@H]1CN(Cc2ccccc2Cl)c2ccc([N+](=O)[O-])cc21. The lowest BCUT2D eigenvalue weighted by molar-refractivity contribution is -0.384. The van der Waals surface area contributed by atoms with E-state index in [2.05, 4.69) is 4.90 Å². The van der Waals surface area contributed by atoms with Gasteiger partial charge in [0.25, 0.3) is 5.69 Å². The fourth-order valence-electron chi connectivity index (χ4n) is 2.66. The van der Waals surface area contributed by atoms with Crippen molar-refractivity contribution in [3.05, 3.63) is 68.7 Å². The summed E-state index contributed by atoms with van der Waals surface area (Å²) in [7, 11) is 0. The van der Waals surface area contributed by atoms with Crippen LogP contribution in [0, 0.1) is 10.1 Å². The van der Waals surface area contributed by atoms with Gasteiger partial charge >= 0.3 is 0 Å². The molecule has 1 aliphatic heterocycles. The standard InChI is InChI=1S/C15H14ClN3O2/c16-13-4-2-1-3-10(13)8-18-9-14(17)12-7-11(19(20)21)5-6-15(12)18/h1-7,14H,8-9,17H2/t14-/m1/s1. The third-order valence-electron chi connectivity index (χ3n) is 3.70. The number of anilines is 1. The minimum atomic E-state index is -0.399. The number of nitrogens with zero attached hydrogens (tertiary/aromatic N) is 2. The van der Waals surface area contributed by atoms with Crippen LogP contribution in [0.2, 0.25) is 5.02 Å². The van der Waals surface area contributed by atoms with Gasteiger partial charge in [-0.25, -0.2) is 0 Å². The number of hydrogen-bond donors (Lipinski definition) is 1. The Morgan fingerprint density at radius 2 is 2.10 bits per heavy atom. The Morgan fingerprint density at radius 3 is 2.81 bits per heavy atom. The second kappa shape index (κ2) is 5.35. The topological polar surface area (TPSA) is 72.4 Å². The van der Waals surface area contributed by atoms with Gasteiger partial charge in [-0.2, -0.15) is 0 Å². The molecular formula is C15H14ClN3O2. The van der Waals surface area contributed by atoms with E-state index in [0.717, 1.165) is 16.8 Å². The highest BCUT2D eigenvalue weighted by Gasteiger charge is 2.28. The van der Waals surface area contributed by atoms with Crippen LogP contribution in [-0.2, 0) is 6.54 Å². The van der Waals surface area contributed by atoms with Crippen molar-refractivity contribution in [2.45, 2.75) is 12.6 Å². The fourth-order valence-corrected chi connectivity index (χ4v) is 2.85. The average Bonchev–Trinajstić information content (AvgIpc) is 2.77. The van der Waals surface area contributed by atoms with Crippen LogP contribution in [-0.4, -0.2) is 11.5 Å². The molecule has 0 aliphatic carbocycles. The monoisotopic (exact) mass is 303 g/mol. The first-order valence-corrected chi connectivity index (χ1v) is 6.96. The molecule has 6 heteroatoms. The summed E-state index contributed by atoms with van der Waals surface area (Å²) in [6, 6.07) is 12.3. The lowest BCUT2D eigenvalue weighted by Crippen LogP contribution is -2.24. The van der Waals surface area contributed by atoms with Crippen LogP contribution in [0.5, 0.6) is 0 Å². The molecule has 0 unspecified atom stereocenters. The van der Waals surface area contributed by atoms with Gasteiger partial charge in [0.2, 0.25) is 0 Å². The van der Waals surface area contributed by atoms with Crippen molar-refractivity contribution in [2.75, 3.05) is 11.4 Å². The molecule has 2 aromatic carbocycles. The van der Waals surface area contributed by atoms with Gasteiger partial charge in [-0.3, -0.25) is 10.1 Å². The summed E-state index contributed by atoms with van der Waals surface area (Å²) in [4.78, 5) is 12.6. The number of nitro groups is 1. The Bertz CT molecular complexity index is 705. The smallest absolute Gasteiger partial charge is 0.269 e. The minimum absolute atomic E-state index is 0.0730. The first kappa shape index (κ1) is 13.9. The van der Waals surface area contributed by atoms with Gasteiger partial charge in [-0.1, -0.05) is 29.8 Å². The van der Waals surface area contributed by atoms with Crippen LogP contribution in [0.15, 0.2) is 42.5 Å². The van der Waals surface area contributed by atoms with Gasteiger partial charge in [0.1, 0.15) is 0 Å². The van der Waals surface area contributed by atoms with Gasteiger partial charge < -0.3 is 10.6 Å². The van der Waals surface area contributed by atoms with Crippen LogP contribution in [0.25, 0.3) is 0 Å². The number of nitro benzene ring substituents is 1. The maximum absolute atomic E-state index is 10.9. The number of rotatable bonds is 3. The Labute approximate surface area is 127 Å². The normalized spacial score (nSPS) is 16.9. The van der Waals surface area contributed by atoms with E-state index in [1.807, 2.05) is 24.3 Å². The summed E-state index contributed by atoms with van der Waals surface area (Å²) in [5, 5.41) is 11.6. The van der Waals surface area contributed by atoms with E-state index in [9.17, 15) is 10.1 Å². The van der Waals surface area contributed by atoms with Crippen molar-refractivity contribution < 1.29 is 4.92 Å². The highest BCUT2D eigenvalue weighted by atomic mass is 35.5. The zero-order chi connectivity index (χ0) is 15.0. The van der Waals surface area contributed by atoms with Crippen LogP contribution in [0.3, 0.4) is 0 Å². The van der Waals surface area contributed by atoms with E-state index in [-0.39, 0.29) is 11.7 Å². The van der Waals surface area contributed by atoms with Crippen molar-refractivity contribution in [1.82, 2.24) is 0 Å². The summed E-state index contributed by atoms with van der Waals surface area (Å²) >= 11 is 6.19. The number of benzene rings is 2. The molecule has 5 nitrogen and oxygen atoms in total. The van der Waals surface area contributed by atoms with Crippen LogP contribution in [0.4, 0.5) is 11.4 Å².